The SMILES string of the molecule is COc1ccc(-c2nc(NC(=O)c3cccc(NS(=O)(=O)c4ccc(OC)cc4)c3)sc2C)cc1. The molecule has 3 aromatic carbocycles. The molecule has 1 aromatic heterocycles. The molecular formula is C25H23N3O5S2. The number of anilines is 2. The van der Waals surface area contributed by atoms with Crippen LogP contribution < -0.4 is 19.5 Å². The Hall–Kier alpha value is -3.89. The maximum Gasteiger partial charge on any atom is 0.261 e. The van der Waals surface area contributed by atoms with Gasteiger partial charge in [0.05, 0.1) is 24.8 Å². The average Bonchev–Trinajstić information content (AvgIpc) is 3.23. The fourth-order valence-electron chi connectivity index (χ4n) is 3.33. The van der Waals surface area contributed by atoms with Gasteiger partial charge < -0.3 is 9.47 Å². The standard InChI is InChI=1S/C25H23N3O5S2/c1-16-23(17-7-9-20(32-2)10-8-17)26-25(34-16)27-24(29)18-5-4-6-19(15-18)28-35(30,31)22-13-11-21(33-3)12-14-22/h4-15,28H,1-3H3,(H,26,27,29). The Morgan fingerprint density at radius 3 is 2.17 bits per heavy atom. The van der Waals surface area contributed by atoms with E-state index in [2.05, 4.69) is 15.0 Å². The minimum absolute atomic E-state index is 0.0810. The van der Waals surface area contributed by atoms with Crippen molar-refractivity contribution in [3.63, 3.8) is 0 Å². The van der Waals surface area contributed by atoms with E-state index in [0.717, 1.165) is 21.9 Å². The number of aryl methyl sites for hydroxylation is 1. The fourth-order valence-corrected chi connectivity index (χ4v) is 5.21. The highest BCUT2D eigenvalue weighted by atomic mass is 32.2. The largest absolute Gasteiger partial charge is 0.497 e. The molecule has 0 aliphatic heterocycles. The lowest BCUT2D eigenvalue weighted by atomic mass is 10.1. The number of nitrogens with zero attached hydrogens (tertiary/aromatic N) is 1. The second kappa shape index (κ2) is 10.2. The van der Waals surface area contributed by atoms with E-state index in [-0.39, 0.29) is 10.6 Å². The third-order valence-electron chi connectivity index (χ3n) is 5.13. The number of hydrogen-bond donors (Lipinski definition) is 2. The number of sulfonamides is 1. The molecule has 180 valence electrons. The highest BCUT2D eigenvalue weighted by Crippen LogP contribution is 2.31. The summed E-state index contributed by atoms with van der Waals surface area (Å²) in [4.78, 5) is 18.5. The molecule has 0 aliphatic rings. The summed E-state index contributed by atoms with van der Waals surface area (Å²) >= 11 is 1.36. The Labute approximate surface area is 207 Å². The summed E-state index contributed by atoms with van der Waals surface area (Å²) in [5.41, 5.74) is 2.24. The first-order valence-electron chi connectivity index (χ1n) is 10.5. The predicted octanol–water partition coefficient (Wildman–Crippen LogP) is 5.19. The van der Waals surface area contributed by atoms with Crippen LogP contribution in [0.25, 0.3) is 11.3 Å². The molecule has 1 amide bonds. The highest BCUT2D eigenvalue weighted by molar-refractivity contribution is 7.92. The van der Waals surface area contributed by atoms with Crippen LogP contribution in [0.2, 0.25) is 0 Å². The van der Waals surface area contributed by atoms with E-state index in [4.69, 9.17) is 9.47 Å². The first-order chi connectivity index (χ1) is 16.8. The Kier molecular flexibility index (Phi) is 7.04. The smallest absolute Gasteiger partial charge is 0.261 e. The number of ether oxygens (including phenoxy) is 2. The van der Waals surface area contributed by atoms with Gasteiger partial charge in [0.15, 0.2) is 5.13 Å². The summed E-state index contributed by atoms with van der Waals surface area (Å²) in [6, 6.07) is 19.8. The Bertz CT molecular complexity index is 1450. The van der Waals surface area contributed by atoms with Crippen LogP contribution in [-0.4, -0.2) is 33.5 Å². The molecule has 0 aliphatic carbocycles. The van der Waals surface area contributed by atoms with Gasteiger partial charge in [-0.15, -0.1) is 11.3 Å². The lowest BCUT2D eigenvalue weighted by molar-refractivity contribution is 0.102. The van der Waals surface area contributed by atoms with Crippen LogP contribution in [0.1, 0.15) is 15.2 Å². The molecule has 35 heavy (non-hydrogen) atoms. The molecule has 2 N–H and O–H groups in total. The van der Waals surface area contributed by atoms with Crippen molar-refractivity contribution in [3.8, 4) is 22.8 Å². The zero-order valence-corrected chi connectivity index (χ0v) is 20.9. The molecule has 0 atom stereocenters. The molecule has 10 heteroatoms. The highest BCUT2D eigenvalue weighted by Gasteiger charge is 2.17. The van der Waals surface area contributed by atoms with Crippen LogP contribution in [0.4, 0.5) is 10.8 Å². The summed E-state index contributed by atoms with van der Waals surface area (Å²) in [5.74, 6) is 0.901. The van der Waals surface area contributed by atoms with Crippen molar-refractivity contribution in [3.05, 3.63) is 83.2 Å². The number of amides is 1. The number of aromatic nitrogens is 1. The molecule has 0 saturated heterocycles. The molecule has 0 radical (unpaired) electrons. The third kappa shape index (κ3) is 5.61. The van der Waals surface area contributed by atoms with E-state index in [0.29, 0.717) is 16.4 Å². The Morgan fingerprint density at radius 2 is 1.54 bits per heavy atom. The van der Waals surface area contributed by atoms with Crippen LogP contribution in [0.15, 0.2) is 77.7 Å². The number of carbonyl (C=O) groups excluding carboxylic acids is 1. The van der Waals surface area contributed by atoms with Crippen molar-refractivity contribution in [1.29, 1.82) is 0 Å². The summed E-state index contributed by atoms with van der Waals surface area (Å²) in [7, 11) is -0.722. The fraction of sp³-hybridized carbons (Fsp3) is 0.120. The van der Waals surface area contributed by atoms with Gasteiger partial charge in [0.1, 0.15) is 11.5 Å². The lowest BCUT2D eigenvalue weighted by Gasteiger charge is -2.10. The van der Waals surface area contributed by atoms with Crippen LogP contribution in [0.5, 0.6) is 11.5 Å². The minimum Gasteiger partial charge on any atom is -0.497 e. The van der Waals surface area contributed by atoms with Gasteiger partial charge in [-0.25, -0.2) is 13.4 Å². The molecule has 0 bridgehead atoms. The summed E-state index contributed by atoms with van der Waals surface area (Å²) in [6.07, 6.45) is 0. The molecule has 0 saturated carbocycles. The zero-order chi connectivity index (χ0) is 25.0. The molecule has 0 unspecified atom stereocenters. The van der Waals surface area contributed by atoms with Gasteiger partial charge >= 0.3 is 0 Å². The van der Waals surface area contributed by atoms with Gasteiger partial charge in [0.25, 0.3) is 15.9 Å². The molecule has 0 fully saturated rings. The van der Waals surface area contributed by atoms with Gasteiger partial charge in [-0.05, 0) is 73.7 Å². The van der Waals surface area contributed by atoms with Crippen LogP contribution >= 0.6 is 11.3 Å². The van der Waals surface area contributed by atoms with E-state index in [1.54, 1.807) is 37.4 Å². The Balaban J connectivity index is 1.49. The normalized spacial score (nSPS) is 11.1. The predicted molar refractivity (Wildman–Crippen MR) is 137 cm³/mol. The first-order valence-corrected chi connectivity index (χ1v) is 12.8. The monoisotopic (exact) mass is 509 g/mol. The summed E-state index contributed by atoms with van der Waals surface area (Å²) < 4.78 is 38.2. The minimum atomic E-state index is -3.83. The zero-order valence-electron chi connectivity index (χ0n) is 19.2. The number of nitrogens with one attached hydrogen (secondary N) is 2. The average molecular weight is 510 g/mol. The molecule has 4 rings (SSSR count). The molecule has 4 aromatic rings. The second-order valence-electron chi connectivity index (χ2n) is 7.47. The van der Waals surface area contributed by atoms with Crippen molar-refractivity contribution in [2.24, 2.45) is 0 Å². The lowest BCUT2D eigenvalue weighted by Crippen LogP contribution is -2.15. The number of rotatable bonds is 8. The second-order valence-corrected chi connectivity index (χ2v) is 10.4. The number of benzene rings is 3. The van der Waals surface area contributed by atoms with Gasteiger partial charge in [-0.1, -0.05) is 6.07 Å². The number of thiazole rings is 1. The van der Waals surface area contributed by atoms with E-state index < -0.39 is 15.9 Å². The first kappa shape index (κ1) is 24.2. The van der Waals surface area contributed by atoms with Gasteiger partial charge in [-0.2, -0.15) is 0 Å². The topological polar surface area (TPSA) is 107 Å². The van der Waals surface area contributed by atoms with Gasteiger partial charge in [0, 0.05) is 21.7 Å². The van der Waals surface area contributed by atoms with Crippen LogP contribution in [-0.2, 0) is 10.0 Å². The Morgan fingerprint density at radius 1 is 0.914 bits per heavy atom. The van der Waals surface area contributed by atoms with E-state index >= 15 is 0 Å². The summed E-state index contributed by atoms with van der Waals surface area (Å²) in [6.45, 7) is 1.93. The van der Waals surface area contributed by atoms with Crippen LogP contribution in [0, 0.1) is 6.92 Å². The van der Waals surface area contributed by atoms with Crippen molar-refractivity contribution < 1.29 is 22.7 Å². The molecule has 8 nitrogen and oxygen atoms in total. The van der Waals surface area contributed by atoms with E-state index in [1.165, 1.54) is 36.6 Å². The number of hydrogen-bond acceptors (Lipinski definition) is 7. The number of carbonyl (C=O) groups is 1. The molecule has 1 heterocycles. The van der Waals surface area contributed by atoms with Crippen LogP contribution in [0.3, 0.4) is 0 Å². The van der Waals surface area contributed by atoms with Gasteiger partial charge in [0.2, 0.25) is 0 Å². The molecular weight excluding hydrogens is 486 g/mol. The number of methoxy groups -OCH3 is 2. The maximum atomic E-state index is 12.9. The molecule has 0 spiro atoms. The van der Waals surface area contributed by atoms with Crippen molar-refractivity contribution in [2.45, 2.75) is 11.8 Å². The maximum absolute atomic E-state index is 12.9. The summed E-state index contributed by atoms with van der Waals surface area (Å²) in [5, 5.41) is 3.25. The van der Waals surface area contributed by atoms with E-state index in [9.17, 15) is 13.2 Å². The van der Waals surface area contributed by atoms with Crippen molar-refractivity contribution in [2.75, 3.05) is 24.3 Å². The quantitative estimate of drug-likeness (QED) is 0.339. The van der Waals surface area contributed by atoms with Gasteiger partial charge in [-0.3, -0.25) is 14.8 Å². The third-order valence-corrected chi connectivity index (χ3v) is 7.41. The van der Waals surface area contributed by atoms with Crippen molar-refractivity contribution >= 4 is 38.1 Å². The van der Waals surface area contributed by atoms with E-state index in [1.807, 2.05) is 31.2 Å². The van der Waals surface area contributed by atoms with Crippen molar-refractivity contribution in [1.82, 2.24) is 4.98 Å².